The van der Waals surface area contributed by atoms with Gasteiger partial charge in [-0.25, -0.2) is 4.98 Å². The van der Waals surface area contributed by atoms with Gasteiger partial charge >= 0.3 is 0 Å². The summed E-state index contributed by atoms with van der Waals surface area (Å²) in [6, 6.07) is 16.1. The van der Waals surface area contributed by atoms with Gasteiger partial charge in [0.05, 0.1) is 13.3 Å². The van der Waals surface area contributed by atoms with Crippen molar-refractivity contribution in [3.63, 3.8) is 0 Å². The lowest BCUT2D eigenvalue weighted by molar-refractivity contribution is -0.131. The molecule has 0 aliphatic carbocycles. The average Bonchev–Trinajstić information content (AvgIpc) is 3.22. The van der Waals surface area contributed by atoms with Gasteiger partial charge in [0, 0.05) is 44.0 Å². The van der Waals surface area contributed by atoms with Crippen molar-refractivity contribution >= 4 is 17.4 Å². The number of anilines is 1. The minimum absolute atomic E-state index is 0.154. The largest absolute Gasteiger partial charge is 0.496 e. The molecule has 32 heavy (non-hydrogen) atoms. The van der Waals surface area contributed by atoms with Gasteiger partial charge in [0.2, 0.25) is 5.91 Å². The molecule has 2 aromatic heterocycles. The summed E-state index contributed by atoms with van der Waals surface area (Å²) in [6.45, 7) is 1.96. The molecule has 5 rings (SSSR count). The first-order chi connectivity index (χ1) is 15.7. The second kappa shape index (κ2) is 8.70. The van der Waals surface area contributed by atoms with Gasteiger partial charge in [-0.05, 0) is 29.7 Å². The van der Waals surface area contributed by atoms with Crippen LogP contribution in [0.4, 0.5) is 5.82 Å². The van der Waals surface area contributed by atoms with Crippen LogP contribution in [0.3, 0.4) is 0 Å². The Bertz CT molecular complexity index is 1270. The topological polar surface area (TPSA) is 71.8 Å². The maximum absolute atomic E-state index is 12.9. The van der Waals surface area contributed by atoms with E-state index in [2.05, 4.69) is 28.5 Å². The van der Waals surface area contributed by atoms with Crippen molar-refractivity contribution in [2.24, 2.45) is 0 Å². The summed E-state index contributed by atoms with van der Waals surface area (Å²) < 4.78 is 7.50. The summed E-state index contributed by atoms with van der Waals surface area (Å²) in [5.74, 6) is 1.72. The molecule has 1 N–H and O–H groups in total. The number of benzene rings is 2. The molecule has 0 radical (unpaired) electrons. The third kappa shape index (κ3) is 3.77. The van der Waals surface area contributed by atoms with Gasteiger partial charge < -0.3 is 15.0 Å². The van der Waals surface area contributed by atoms with Gasteiger partial charge in [0.25, 0.3) is 0 Å². The summed E-state index contributed by atoms with van der Waals surface area (Å²) in [4.78, 5) is 23.8. The van der Waals surface area contributed by atoms with E-state index in [4.69, 9.17) is 9.72 Å². The molecule has 2 aromatic carbocycles. The highest BCUT2D eigenvalue weighted by Crippen LogP contribution is 2.34. The fourth-order valence-electron chi connectivity index (χ4n) is 4.26. The van der Waals surface area contributed by atoms with Crippen molar-refractivity contribution < 1.29 is 9.53 Å². The summed E-state index contributed by atoms with van der Waals surface area (Å²) in [7, 11) is 1.65. The molecule has 1 amide bonds. The maximum Gasteiger partial charge on any atom is 0.224 e. The van der Waals surface area contributed by atoms with Crippen LogP contribution >= 0.6 is 0 Å². The van der Waals surface area contributed by atoms with E-state index in [9.17, 15) is 4.79 Å². The van der Waals surface area contributed by atoms with E-state index in [0.717, 1.165) is 41.4 Å². The highest BCUT2D eigenvalue weighted by atomic mass is 16.5. The number of imidazole rings is 1. The first-order valence-corrected chi connectivity index (χ1v) is 10.8. The molecular weight excluding hydrogens is 402 g/mol. The number of aromatic nitrogens is 3. The minimum Gasteiger partial charge on any atom is -0.496 e. The van der Waals surface area contributed by atoms with Crippen LogP contribution in [0.5, 0.6) is 5.75 Å². The first kappa shape index (κ1) is 20.1. The Morgan fingerprint density at radius 1 is 1.12 bits per heavy atom. The predicted octanol–water partition coefficient (Wildman–Crippen LogP) is 3.79. The fraction of sp³-hybridized carbons (Fsp3) is 0.240. The molecule has 4 aromatic rings. The van der Waals surface area contributed by atoms with E-state index >= 15 is 0 Å². The van der Waals surface area contributed by atoms with Crippen molar-refractivity contribution in [1.82, 2.24) is 19.3 Å². The van der Waals surface area contributed by atoms with E-state index < -0.39 is 0 Å². The first-order valence-electron chi connectivity index (χ1n) is 10.8. The molecule has 7 nitrogen and oxygen atoms in total. The van der Waals surface area contributed by atoms with E-state index in [-0.39, 0.29) is 5.91 Å². The number of amides is 1. The summed E-state index contributed by atoms with van der Waals surface area (Å²) >= 11 is 0. The Hall–Kier alpha value is -3.87. The third-order valence-corrected chi connectivity index (χ3v) is 5.91. The van der Waals surface area contributed by atoms with Crippen molar-refractivity contribution in [1.29, 1.82) is 0 Å². The van der Waals surface area contributed by atoms with E-state index in [1.807, 2.05) is 45.8 Å². The zero-order valence-corrected chi connectivity index (χ0v) is 18.0. The smallest absolute Gasteiger partial charge is 0.224 e. The number of methoxy groups -OCH3 is 1. The molecule has 7 heteroatoms. The molecule has 1 aliphatic heterocycles. The van der Waals surface area contributed by atoms with Crippen LogP contribution in [0, 0.1) is 0 Å². The molecule has 0 fully saturated rings. The zero-order chi connectivity index (χ0) is 21.9. The zero-order valence-electron chi connectivity index (χ0n) is 18.0. The van der Waals surface area contributed by atoms with Gasteiger partial charge in [0.15, 0.2) is 5.65 Å². The Labute approximate surface area is 186 Å². The third-order valence-electron chi connectivity index (χ3n) is 5.91. The van der Waals surface area contributed by atoms with Gasteiger partial charge in [-0.3, -0.25) is 14.2 Å². The van der Waals surface area contributed by atoms with Gasteiger partial charge in [0.1, 0.15) is 17.3 Å². The standard InChI is InChI=1S/C25H25N5O2/c1-32-21-9-5-4-8-20(21)24-25(30-15-13-26-16-22(30)28-24)27-12-10-23(31)29-14-11-18-6-2-3-7-19(18)17-29/h2-9,13,15-16,27H,10-12,14,17H2,1H3. The Morgan fingerprint density at radius 3 is 2.81 bits per heavy atom. The molecule has 0 spiro atoms. The number of nitrogens with one attached hydrogen (secondary N) is 1. The van der Waals surface area contributed by atoms with E-state index in [0.29, 0.717) is 19.5 Å². The second-order valence-electron chi connectivity index (χ2n) is 7.82. The van der Waals surface area contributed by atoms with Gasteiger partial charge in [-0.1, -0.05) is 36.4 Å². The molecule has 3 heterocycles. The molecule has 0 unspecified atom stereocenters. The van der Waals surface area contributed by atoms with Crippen molar-refractivity contribution in [2.75, 3.05) is 25.5 Å². The van der Waals surface area contributed by atoms with Crippen LogP contribution in [0.25, 0.3) is 16.9 Å². The number of hydrogen-bond donors (Lipinski definition) is 1. The lowest BCUT2D eigenvalue weighted by Gasteiger charge is -2.29. The van der Waals surface area contributed by atoms with Crippen LogP contribution in [-0.2, 0) is 17.8 Å². The predicted molar refractivity (Wildman–Crippen MR) is 124 cm³/mol. The fourth-order valence-corrected chi connectivity index (χ4v) is 4.26. The normalized spacial score (nSPS) is 13.1. The van der Waals surface area contributed by atoms with Crippen LogP contribution in [0.1, 0.15) is 17.5 Å². The summed E-state index contributed by atoms with van der Waals surface area (Å²) in [5, 5.41) is 3.44. The summed E-state index contributed by atoms with van der Waals surface area (Å²) in [6.07, 6.45) is 6.63. The number of fused-ring (bicyclic) bond motifs is 2. The van der Waals surface area contributed by atoms with E-state index in [1.54, 1.807) is 19.5 Å². The lowest BCUT2D eigenvalue weighted by Crippen LogP contribution is -2.36. The second-order valence-corrected chi connectivity index (χ2v) is 7.82. The monoisotopic (exact) mass is 427 g/mol. The van der Waals surface area contributed by atoms with E-state index in [1.165, 1.54) is 11.1 Å². The number of hydrogen-bond acceptors (Lipinski definition) is 5. The van der Waals surface area contributed by atoms with Crippen LogP contribution in [-0.4, -0.2) is 45.4 Å². The average molecular weight is 428 g/mol. The number of para-hydroxylation sites is 1. The summed E-state index contributed by atoms with van der Waals surface area (Å²) in [5.41, 5.74) is 4.98. The SMILES string of the molecule is COc1ccccc1-c1nc2cnccn2c1NCCC(=O)N1CCc2ccccc2C1. The molecule has 0 atom stereocenters. The van der Waals surface area contributed by atoms with Gasteiger partial charge in [-0.15, -0.1) is 0 Å². The quantitative estimate of drug-likeness (QED) is 0.507. The molecule has 0 saturated carbocycles. The Balaban J connectivity index is 1.34. The van der Waals surface area contributed by atoms with Crippen LogP contribution in [0.15, 0.2) is 67.1 Å². The lowest BCUT2D eigenvalue weighted by atomic mass is 10.00. The van der Waals surface area contributed by atoms with Crippen molar-refractivity contribution in [2.45, 2.75) is 19.4 Å². The Morgan fingerprint density at radius 2 is 1.94 bits per heavy atom. The minimum atomic E-state index is 0.154. The maximum atomic E-state index is 12.9. The number of carbonyl (C=O) groups excluding carboxylic acids is 1. The molecule has 1 aliphatic rings. The highest BCUT2D eigenvalue weighted by Gasteiger charge is 2.21. The number of ether oxygens (including phenoxy) is 1. The Kier molecular flexibility index (Phi) is 5.46. The number of rotatable bonds is 6. The molecule has 162 valence electrons. The number of nitrogens with zero attached hydrogens (tertiary/aromatic N) is 4. The molecule has 0 saturated heterocycles. The van der Waals surface area contributed by atoms with Crippen molar-refractivity contribution in [3.05, 3.63) is 78.2 Å². The molecular formula is C25H25N5O2. The molecule has 0 bridgehead atoms. The van der Waals surface area contributed by atoms with Crippen LogP contribution in [0.2, 0.25) is 0 Å². The van der Waals surface area contributed by atoms with Crippen LogP contribution < -0.4 is 10.1 Å². The van der Waals surface area contributed by atoms with Crippen molar-refractivity contribution in [3.8, 4) is 17.0 Å². The van der Waals surface area contributed by atoms with Gasteiger partial charge in [-0.2, -0.15) is 0 Å². The highest BCUT2D eigenvalue weighted by molar-refractivity contribution is 5.81. The number of carbonyl (C=O) groups is 1.